The second-order valence-electron chi connectivity index (χ2n) is 7.23. The van der Waals surface area contributed by atoms with Gasteiger partial charge in [-0.25, -0.2) is 9.78 Å². The molecule has 0 bridgehead atoms. The molecule has 2 fully saturated rings. The number of rotatable bonds is 2. The summed E-state index contributed by atoms with van der Waals surface area (Å²) in [6, 6.07) is 3.52. The smallest absolute Gasteiger partial charge is 0.319 e. The molecule has 0 saturated carbocycles. The normalized spacial score (nSPS) is 25.6. The Labute approximate surface area is 158 Å². The largest absolute Gasteiger partial charge is 0.389 e. The van der Waals surface area contributed by atoms with E-state index in [-0.39, 0.29) is 17.9 Å². The highest BCUT2D eigenvalue weighted by Crippen LogP contribution is 2.36. The average molecular weight is 378 g/mol. The lowest BCUT2D eigenvalue weighted by Gasteiger charge is -2.50. The first-order chi connectivity index (χ1) is 12.4. The van der Waals surface area contributed by atoms with Gasteiger partial charge in [-0.2, -0.15) is 0 Å². The predicted octanol–water partition coefficient (Wildman–Crippen LogP) is 1.38. The summed E-state index contributed by atoms with van der Waals surface area (Å²) in [7, 11) is 3.46. The fraction of sp³-hybridized carbons (Fsp3) is 0.611. The molecule has 8 heteroatoms. The Morgan fingerprint density at radius 2 is 1.92 bits per heavy atom. The van der Waals surface area contributed by atoms with Gasteiger partial charge in [-0.15, -0.1) is 11.8 Å². The van der Waals surface area contributed by atoms with Crippen LogP contribution in [-0.4, -0.2) is 88.9 Å². The van der Waals surface area contributed by atoms with Crippen molar-refractivity contribution in [1.29, 1.82) is 0 Å². The molecule has 2 aliphatic rings. The molecule has 3 heterocycles. The van der Waals surface area contributed by atoms with E-state index < -0.39 is 5.60 Å². The molecule has 1 aromatic rings. The molecule has 2 aliphatic heterocycles. The van der Waals surface area contributed by atoms with Crippen LogP contribution in [0.1, 0.15) is 23.2 Å². The first kappa shape index (κ1) is 19.0. The summed E-state index contributed by atoms with van der Waals surface area (Å²) in [4.78, 5) is 34.6. The molecule has 2 saturated heterocycles. The van der Waals surface area contributed by atoms with Crippen LogP contribution in [0.25, 0.3) is 0 Å². The summed E-state index contributed by atoms with van der Waals surface area (Å²) in [6.07, 6.45) is 4.69. The topological polar surface area (TPSA) is 77.0 Å². The highest BCUT2D eigenvalue weighted by Gasteiger charge is 2.47. The summed E-state index contributed by atoms with van der Waals surface area (Å²) >= 11 is 1.45. The van der Waals surface area contributed by atoms with Crippen molar-refractivity contribution >= 4 is 23.7 Å². The lowest BCUT2D eigenvalue weighted by atomic mass is 9.75. The number of pyridine rings is 1. The van der Waals surface area contributed by atoms with Crippen LogP contribution in [-0.2, 0) is 0 Å². The highest BCUT2D eigenvalue weighted by atomic mass is 32.2. The minimum absolute atomic E-state index is 0.0487. The number of thioether (sulfide) groups is 1. The lowest BCUT2D eigenvalue weighted by Crippen LogP contribution is -2.62. The SMILES string of the molecule is CSc1ncccc1C(=O)N1CC[C@@]2(O)CCN(C(=O)N(C)C)C[C@H]2C1. The van der Waals surface area contributed by atoms with E-state index >= 15 is 0 Å². The number of urea groups is 1. The quantitative estimate of drug-likeness (QED) is 0.787. The first-order valence-electron chi connectivity index (χ1n) is 8.82. The monoisotopic (exact) mass is 378 g/mol. The summed E-state index contributed by atoms with van der Waals surface area (Å²) in [5, 5.41) is 11.7. The third-order valence-corrected chi connectivity index (χ3v) is 6.12. The number of nitrogens with zero attached hydrogens (tertiary/aromatic N) is 4. The fourth-order valence-corrected chi connectivity index (χ4v) is 4.37. The van der Waals surface area contributed by atoms with E-state index in [9.17, 15) is 14.7 Å². The van der Waals surface area contributed by atoms with Crippen LogP contribution < -0.4 is 0 Å². The van der Waals surface area contributed by atoms with Crippen LogP contribution in [0.3, 0.4) is 0 Å². The molecule has 3 rings (SSSR count). The standard InChI is InChI=1S/C18H26N4O3S/c1-20(2)17(24)22-10-7-18(25)6-9-21(11-13(18)12-22)16(23)14-5-4-8-19-15(14)26-3/h4-5,8,13,25H,6-7,9-12H2,1-3H3/t13-,18-/m1/s1. The number of hydrogen-bond donors (Lipinski definition) is 1. The summed E-state index contributed by atoms with van der Waals surface area (Å²) in [5.41, 5.74) is -0.195. The van der Waals surface area contributed by atoms with E-state index in [1.54, 1.807) is 47.1 Å². The molecule has 1 N–H and O–H groups in total. The average Bonchev–Trinajstić information content (AvgIpc) is 2.65. The van der Waals surface area contributed by atoms with Crippen molar-refractivity contribution < 1.29 is 14.7 Å². The van der Waals surface area contributed by atoms with Gasteiger partial charge in [0.2, 0.25) is 0 Å². The lowest BCUT2D eigenvalue weighted by molar-refractivity contribution is -0.101. The van der Waals surface area contributed by atoms with Crippen molar-refractivity contribution in [3.63, 3.8) is 0 Å². The number of aliphatic hydroxyl groups is 1. The van der Waals surface area contributed by atoms with Gasteiger partial charge in [-0.3, -0.25) is 4.79 Å². The van der Waals surface area contributed by atoms with Crippen molar-refractivity contribution in [2.75, 3.05) is 46.5 Å². The van der Waals surface area contributed by atoms with Gasteiger partial charge in [0.1, 0.15) is 5.03 Å². The van der Waals surface area contributed by atoms with Crippen molar-refractivity contribution in [3.05, 3.63) is 23.9 Å². The van der Waals surface area contributed by atoms with E-state index in [2.05, 4.69) is 4.98 Å². The minimum atomic E-state index is -0.794. The molecule has 7 nitrogen and oxygen atoms in total. The van der Waals surface area contributed by atoms with E-state index in [0.29, 0.717) is 49.6 Å². The Kier molecular flexibility index (Phi) is 5.43. The van der Waals surface area contributed by atoms with E-state index in [4.69, 9.17) is 0 Å². The fourth-order valence-electron chi connectivity index (χ4n) is 3.83. The Hall–Kier alpha value is -1.80. The summed E-state index contributed by atoms with van der Waals surface area (Å²) in [5.74, 6) is -0.187. The molecule has 0 radical (unpaired) electrons. The molecule has 0 aliphatic carbocycles. The maximum Gasteiger partial charge on any atom is 0.319 e. The number of carbonyl (C=O) groups is 2. The Bertz CT molecular complexity index is 699. The van der Waals surface area contributed by atoms with E-state index in [0.717, 1.165) is 0 Å². The van der Waals surface area contributed by atoms with Gasteiger partial charge < -0.3 is 19.8 Å². The maximum atomic E-state index is 13.0. The number of amides is 3. The van der Waals surface area contributed by atoms with Gasteiger partial charge in [0, 0.05) is 52.4 Å². The minimum Gasteiger partial charge on any atom is -0.389 e. The van der Waals surface area contributed by atoms with Crippen molar-refractivity contribution in [1.82, 2.24) is 19.7 Å². The molecule has 26 heavy (non-hydrogen) atoms. The number of hydrogen-bond acceptors (Lipinski definition) is 5. The molecular weight excluding hydrogens is 352 g/mol. The molecule has 2 atom stereocenters. The Balaban J connectivity index is 1.75. The number of carbonyl (C=O) groups excluding carboxylic acids is 2. The van der Waals surface area contributed by atoms with Gasteiger partial charge in [0.15, 0.2) is 0 Å². The third kappa shape index (κ3) is 3.53. The van der Waals surface area contributed by atoms with Crippen LogP contribution in [0.2, 0.25) is 0 Å². The first-order valence-corrected chi connectivity index (χ1v) is 10.0. The molecule has 0 aromatic carbocycles. The van der Waals surface area contributed by atoms with Gasteiger partial charge in [-0.1, -0.05) is 0 Å². The molecule has 142 valence electrons. The Morgan fingerprint density at radius 1 is 1.27 bits per heavy atom. The van der Waals surface area contributed by atoms with Crippen LogP contribution >= 0.6 is 11.8 Å². The zero-order valence-corrected chi connectivity index (χ0v) is 16.3. The molecule has 1 aromatic heterocycles. The van der Waals surface area contributed by atoms with Gasteiger partial charge in [0.25, 0.3) is 5.91 Å². The van der Waals surface area contributed by atoms with Crippen molar-refractivity contribution in [2.45, 2.75) is 23.5 Å². The van der Waals surface area contributed by atoms with Gasteiger partial charge in [-0.05, 0) is 31.2 Å². The van der Waals surface area contributed by atoms with Crippen LogP contribution in [0.5, 0.6) is 0 Å². The second kappa shape index (κ2) is 7.44. The number of piperidine rings is 2. The van der Waals surface area contributed by atoms with Crippen molar-refractivity contribution in [3.8, 4) is 0 Å². The van der Waals surface area contributed by atoms with Gasteiger partial charge >= 0.3 is 6.03 Å². The maximum absolute atomic E-state index is 13.0. The molecule has 0 unspecified atom stereocenters. The number of fused-ring (bicyclic) bond motifs is 1. The van der Waals surface area contributed by atoms with Gasteiger partial charge in [0.05, 0.1) is 11.2 Å². The Morgan fingerprint density at radius 3 is 2.58 bits per heavy atom. The molecular formula is C18H26N4O3S. The highest BCUT2D eigenvalue weighted by molar-refractivity contribution is 7.98. The zero-order valence-electron chi connectivity index (χ0n) is 15.5. The zero-order chi connectivity index (χ0) is 18.9. The number of likely N-dealkylation sites (tertiary alicyclic amines) is 2. The third-order valence-electron chi connectivity index (χ3n) is 5.41. The number of aromatic nitrogens is 1. The predicted molar refractivity (Wildman–Crippen MR) is 100 cm³/mol. The van der Waals surface area contributed by atoms with Crippen molar-refractivity contribution in [2.24, 2.45) is 5.92 Å². The van der Waals surface area contributed by atoms with E-state index in [1.165, 1.54) is 11.8 Å². The second-order valence-corrected chi connectivity index (χ2v) is 8.03. The summed E-state index contributed by atoms with van der Waals surface area (Å²) in [6.45, 7) is 2.00. The molecule has 3 amide bonds. The van der Waals surface area contributed by atoms with Crippen LogP contribution in [0.15, 0.2) is 23.4 Å². The van der Waals surface area contributed by atoms with Crippen LogP contribution in [0.4, 0.5) is 4.79 Å². The molecule has 0 spiro atoms. The van der Waals surface area contributed by atoms with Crippen LogP contribution in [0, 0.1) is 5.92 Å². The van der Waals surface area contributed by atoms with E-state index in [1.807, 2.05) is 6.26 Å². The summed E-state index contributed by atoms with van der Waals surface area (Å²) < 4.78 is 0.